The van der Waals surface area contributed by atoms with Crippen molar-refractivity contribution in [1.82, 2.24) is 15.0 Å². The van der Waals surface area contributed by atoms with E-state index in [-0.39, 0.29) is 12.0 Å². The number of hydrogen-bond acceptors (Lipinski definition) is 7. The number of nitrogens with two attached hydrogens (primary N) is 1. The van der Waals surface area contributed by atoms with E-state index < -0.39 is 0 Å². The minimum atomic E-state index is -0.150. The van der Waals surface area contributed by atoms with Gasteiger partial charge in [-0.2, -0.15) is 0 Å². The fourth-order valence-corrected chi connectivity index (χ4v) is 4.54. The van der Waals surface area contributed by atoms with Gasteiger partial charge in [0.2, 0.25) is 0 Å². The molecule has 9 heteroatoms. The highest BCUT2D eigenvalue weighted by Crippen LogP contribution is 2.36. The summed E-state index contributed by atoms with van der Waals surface area (Å²) in [6.07, 6.45) is 5.47. The average Bonchev–Trinajstić information content (AvgIpc) is 2.66. The van der Waals surface area contributed by atoms with Crippen LogP contribution in [-0.2, 0) is 6.61 Å². The normalized spacial score (nSPS) is 16.7. The number of hydrogen-bond donors (Lipinski definition) is 2. The van der Waals surface area contributed by atoms with Crippen LogP contribution >= 0.6 is 46.0 Å². The second kappa shape index (κ2) is 8.55. The molecule has 0 radical (unpaired) electrons. The first-order chi connectivity index (χ1) is 12.5. The first kappa shape index (κ1) is 20.1. The van der Waals surface area contributed by atoms with Gasteiger partial charge in [-0.1, -0.05) is 30.3 Å². The molecule has 1 saturated heterocycles. The van der Waals surface area contributed by atoms with Crippen LogP contribution in [0.15, 0.2) is 28.4 Å². The number of aliphatic hydroxyl groups excluding tert-OH is 1. The van der Waals surface area contributed by atoms with Crippen molar-refractivity contribution in [3.05, 3.63) is 32.9 Å². The molecular formula is C17H21ClIN5OS. The van der Waals surface area contributed by atoms with Gasteiger partial charge in [0.1, 0.15) is 14.4 Å². The molecule has 2 aromatic rings. The van der Waals surface area contributed by atoms with E-state index in [1.165, 1.54) is 11.8 Å². The Hall–Kier alpha value is -0.680. The molecule has 0 atom stereocenters. The highest BCUT2D eigenvalue weighted by atomic mass is 127. The fraction of sp³-hybridized carbons (Fsp3) is 0.471. The van der Waals surface area contributed by atoms with Gasteiger partial charge in [0.05, 0.1) is 17.8 Å². The summed E-state index contributed by atoms with van der Waals surface area (Å²) in [5, 5.41) is 11.1. The monoisotopic (exact) mass is 505 g/mol. The average molecular weight is 506 g/mol. The van der Waals surface area contributed by atoms with E-state index in [4.69, 9.17) is 17.3 Å². The van der Waals surface area contributed by atoms with Gasteiger partial charge in [-0.25, -0.2) is 15.0 Å². The van der Waals surface area contributed by atoms with Gasteiger partial charge < -0.3 is 15.7 Å². The number of piperidine rings is 1. The van der Waals surface area contributed by atoms with Crippen LogP contribution in [0.3, 0.4) is 0 Å². The lowest BCUT2D eigenvalue weighted by atomic mass is 9.80. The van der Waals surface area contributed by atoms with Crippen LogP contribution in [0, 0.1) is 9.12 Å². The second-order valence-electron chi connectivity index (χ2n) is 6.65. The van der Waals surface area contributed by atoms with Crippen molar-refractivity contribution in [3.63, 3.8) is 0 Å². The highest BCUT2D eigenvalue weighted by Gasteiger charge is 2.30. The molecule has 3 rings (SSSR count). The zero-order chi connectivity index (χ0) is 18.7. The van der Waals surface area contributed by atoms with E-state index in [1.807, 2.05) is 6.07 Å². The zero-order valence-electron chi connectivity index (χ0n) is 14.5. The molecule has 0 saturated carbocycles. The molecule has 6 nitrogen and oxygen atoms in total. The van der Waals surface area contributed by atoms with Gasteiger partial charge in [0, 0.05) is 24.2 Å². The Morgan fingerprint density at radius 1 is 1.38 bits per heavy atom. The van der Waals surface area contributed by atoms with Gasteiger partial charge in [-0.15, -0.1) is 0 Å². The molecule has 0 amide bonds. The summed E-state index contributed by atoms with van der Waals surface area (Å²) in [4.78, 5) is 16.4. The van der Waals surface area contributed by atoms with Crippen LogP contribution in [-0.4, -0.2) is 39.7 Å². The fourth-order valence-electron chi connectivity index (χ4n) is 2.88. The predicted octanol–water partition coefficient (Wildman–Crippen LogP) is 3.34. The zero-order valence-corrected chi connectivity index (χ0v) is 18.2. The quantitative estimate of drug-likeness (QED) is 0.476. The molecule has 140 valence electrons. The SMILES string of the molecule is CC1(CN)CCN(c2ncc(Sc3ccnc(I)c3Cl)nc2CO)CC1. The van der Waals surface area contributed by atoms with Crippen molar-refractivity contribution < 1.29 is 5.11 Å². The molecule has 3 N–H and O–H groups in total. The second-order valence-corrected chi connectivity index (χ2v) is 9.12. The van der Waals surface area contributed by atoms with Crippen molar-refractivity contribution in [2.45, 2.75) is 36.3 Å². The van der Waals surface area contributed by atoms with E-state index in [0.29, 0.717) is 22.3 Å². The summed E-state index contributed by atoms with van der Waals surface area (Å²) in [6, 6.07) is 1.85. The number of anilines is 1. The van der Waals surface area contributed by atoms with Crippen molar-refractivity contribution >= 4 is 51.8 Å². The first-order valence-electron chi connectivity index (χ1n) is 8.35. The molecular weight excluding hydrogens is 485 g/mol. The Morgan fingerprint density at radius 2 is 2.12 bits per heavy atom. The van der Waals surface area contributed by atoms with Crippen molar-refractivity contribution in [2.24, 2.45) is 11.1 Å². The molecule has 1 aliphatic rings. The minimum Gasteiger partial charge on any atom is -0.390 e. The van der Waals surface area contributed by atoms with Gasteiger partial charge in [-0.05, 0) is 53.5 Å². The molecule has 1 fully saturated rings. The van der Waals surface area contributed by atoms with Crippen molar-refractivity contribution in [1.29, 1.82) is 0 Å². The summed E-state index contributed by atoms with van der Waals surface area (Å²) in [6.45, 7) is 4.51. The van der Waals surface area contributed by atoms with Crippen LogP contribution in [0.25, 0.3) is 0 Å². The largest absolute Gasteiger partial charge is 0.390 e. The molecule has 0 aromatic carbocycles. The third-order valence-electron chi connectivity index (χ3n) is 4.74. The molecule has 1 aliphatic heterocycles. The maximum Gasteiger partial charge on any atom is 0.152 e. The third-order valence-corrected chi connectivity index (χ3v) is 7.34. The lowest BCUT2D eigenvalue weighted by Gasteiger charge is -2.39. The Labute approximate surface area is 176 Å². The summed E-state index contributed by atoms with van der Waals surface area (Å²) in [5.74, 6) is 0.756. The predicted molar refractivity (Wildman–Crippen MR) is 113 cm³/mol. The van der Waals surface area contributed by atoms with Crippen LogP contribution in [0.1, 0.15) is 25.5 Å². The van der Waals surface area contributed by atoms with E-state index in [2.05, 4.69) is 49.4 Å². The summed E-state index contributed by atoms with van der Waals surface area (Å²) in [7, 11) is 0. The van der Waals surface area contributed by atoms with Crippen molar-refractivity contribution in [3.8, 4) is 0 Å². The molecule has 0 spiro atoms. The van der Waals surface area contributed by atoms with Crippen molar-refractivity contribution in [2.75, 3.05) is 24.5 Å². The molecule has 0 aliphatic carbocycles. The van der Waals surface area contributed by atoms with Gasteiger partial charge in [0.25, 0.3) is 0 Å². The van der Waals surface area contributed by atoms with E-state index in [1.54, 1.807) is 12.4 Å². The Kier molecular flexibility index (Phi) is 6.60. The summed E-state index contributed by atoms with van der Waals surface area (Å²) >= 11 is 9.82. The number of halogens is 2. The lowest BCUT2D eigenvalue weighted by Crippen LogP contribution is -2.43. The molecule has 2 aromatic heterocycles. The Morgan fingerprint density at radius 3 is 2.77 bits per heavy atom. The van der Waals surface area contributed by atoms with Gasteiger partial charge in [-0.3, -0.25) is 0 Å². The van der Waals surface area contributed by atoms with E-state index >= 15 is 0 Å². The molecule has 0 bridgehead atoms. The number of aliphatic hydroxyl groups is 1. The first-order valence-corrected chi connectivity index (χ1v) is 10.6. The van der Waals surface area contributed by atoms with Crippen LogP contribution in [0.2, 0.25) is 5.02 Å². The maximum atomic E-state index is 9.79. The van der Waals surface area contributed by atoms with Crippen LogP contribution in [0.4, 0.5) is 5.82 Å². The molecule has 3 heterocycles. The number of nitrogens with zero attached hydrogens (tertiary/aromatic N) is 4. The van der Waals surface area contributed by atoms with Crippen LogP contribution in [0.5, 0.6) is 0 Å². The molecule has 26 heavy (non-hydrogen) atoms. The standard InChI is InChI=1S/C17H21ClIN5OS/c1-17(10-20)3-6-24(7-4-17)16-11(9-25)23-13(8-22-16)26-12-2-5-21-15(19)14(12)18/h2,5,8,25H,3-4,6-7,9-10,20H2,1H3. The topological polar surface area (TPSA) is 88.2 Å². The van der Waals surface area contributed by atoms with E-state index in [9.17, 15) is 5.11 Å². The smallest absolute Gasteiger partial charge is 0.152 e. The maximum absolute atomic E-state index is 9.79. The van der Waals surface area contributed by atoms with Gasteiger partial charge >= 0.3 is 0 Å². The third kappa shape index (κ3) is 4.41. The van der Waals surface area contributed by atoms with Crippen LogP contribution < -0.4 is 10.6 Å². The lowest BCUT2D eigenvalue weighted by molar-refractivity contribution is 0.254. The summed E-state index contributed by atoms with van der Waals surface area (Å²) < 4.78 is 0.748. The van der Waals surface area contributed by atoms with Gasteiger partial charge in [0.15, 0.2) is 5.82 Å². The van der Waals surface area contributed by atoms with E-state index in [0.717, 1.165) is 40.3 Å². The number of pyridine rings is 1. The number of aromatic nitrogens is 3. The minimum absolute atomic E-state index is 0.150. The summed E-state index contributed by atoms with van der Waals surface area (Å²) in [5.41, 5.74) is 6.67. The molecule has 0 unspecified atom stereocenters. The Balaban J connectivity index is 1.79. The highest BCUT2D eigenvalue weighted by molar-refractivity contribution is 14.1. The number of rotatable bonds is 5. The Bertz CT molecular complexity index is 786.